The second kappa shape index (κ2) is 11.1. The minimum Gasteiger partial charge on any atom is -0.489 e. The van der Waals surface area contributed by atoms with Crippen molar-refractivity contribution in [2.24, 2.45) is 5.41 Å². The summed E-state index contributed by atoms with van der Waals surface area (Å²) in [6.45, 7) is 8.21. The van der Waals surface area contributed by atoms with Gasteiger partial charge in [0.1, 0.15) is 17.9 Å². The quantitative estimate of drug-likeness (QED) is 0.270. The zero-order valence-corrected chi connectivity index (χ0v) is 23.7. The molecule has 3 heterocycles. The molecule has 2 saturated carbocycles. The summed E-state index contributed by atoms with van der Waals surface area (Å²) in [6, 6.07) is 3.81. The number of rotatable bonds is 13. The summed E-state index contributed by atoms with van der Waals surface area (Å²) in [5.74, 6) is 0.763. The standard InChI is InChI=1S/C29H39N5O6/c1-5-29(11-12-39-26-21(15-30-33-26)27(36)38-6-2)13-19(14-29)32-25(35)20-16-31-34-22(20)9-10-23(24(34)18-7-8-18)40-17-28(3,4)37/h9-10,15-16,18-19,37H,5-8,11-14,17H2,1-4H3,(H,30,33)(H,32,35). The van der Waals surface area contributed by atoms with Gasteiger partial charge in [0.25, 0.3) is 5.91 Å². The van der Waals surface area contributed by atoms with Crippen LogP contribution in [0, 0.1) is 5.41 Å². The van der Waals surface area contributed by atoms with Gasteiger partial charge in [-0.3, -0.25) is 4.79 Å². The van der Waals surface area contributed by atoms with E-state index in [2.05, 4.69) is 27.5 Å². The van der Waals surface area contributed by atoms with E-state index in [1.165, 1.54) is 6.20 Å². The van der Waals surface area contributed by atoms with Crippen LogP contribution in [0.2, 0.25) is 0 Å². The smallest absolute Gasteiger partial charge is 0.345 e. The molecule has 3 aromatic heterocycles. The fourth-order valence-corrected chi connectivity index (χ4v) is 5.47. The highest BCUT2D eigenvalue weighted by Gasteiger charge is 2.43. The summed E-state index contributed by atoms with van der Waals surface area (Å²) < 4.78 is 18.6. The molecule has 5 rings (SSSR count). The molecule has 2 aliphatic carbocycles. The van der Waals surface area contributed by atoms with E-state index in [1.807, 2.05) is 16.6 Å². The van der Waals surface area contributed by atoms with Crippen molar-refractivity contribution in [2.75, 3.05) is 19.8 Å². The monoisotopic (exact) mass is 553 g/mol. The van der Waals surface area contributed by atoms with Crippen molar-refractivity contribution >= 4 is 17.4 Å². The summed E-state index contributed by atoms with van der Waals surface area (Å²) in [4.78, 5) is 25.3. The van der Waals surface area contributed by atoms with Gasteiger partial charge in [0.15, 0.2) is 0 Å². The topological polar surface area (TPSA) is 140 Å². The molecule has 2 aliphatic rings. The predicted molar refractivity (Wildman–Crippen MR) is 147 cm³/mol. The molecule has 0 spiro atoms. The lowest BCUT2D eigenvalue weighted by molar-refractivity contribution is 0.0279. The molecule has 0 bridgehead atoms. The Morgan fingerprint density at radius 3 is 2.62 bits per heavy atom. The average molecular weight is 554 g/mol. The van der Waals surface area contributed by atoms with Gasteiger partial charge in [-0.05, 0) is 70.4 Å². The first-order chi connectivity index (χ1) is 19.1. The SMILES string of the molecule is CCOC(=O)c1cn[nH]c1OCCC1(CC)CC(NC(=O)c2cnn3c(C4CC4)c(OCC(C)(C)O)ccc23)C1. The van der Waals surface area contributed by atoms with Gasteiger partial charge in [0, 0.05) is 12.0 Å². The Bertz CT molecular complexity index is 1360. The van der Waals surface area contributed by atoms with Crippen LogP contribution in [0.3, 0.4) is 0 Å². The number of fused-ring (bicyclic) bond motifs is 1. The molecule has 0 unspecified atom stereocenters. The minimum atomic E-state index is -0.946. The number of carbonyl (C=O) groups excluding carboxylic acids is 2. The number of nitrogens with zero attached hydrogens (tertiary/aromatic N) is 3. The first-order valence-electron chi connectivity index (χ1n) is 14.1. The number of aromatic amines is 1. The van der Waals surface area contributed by atoms with Gasteiger partial charge in [-0.2, -0.15) is 10.2 Å². The van der Waals surface area contributed by atoms with Gasteiger partial charge in [-0.1, -0.05) is 13.3 Å². The molecule has 3 aromatic rings. The number of H-pyrrole nitrogens is 1. The lowest BCUT2D eigenvalue weighted by Gasteiger charge is -2.47. The van der Waals surface area contributed by atoms with Crippen molar-refractivity contribution in [3.8, 4) is 11.6 Å². The Hall–Kier alpha value is -3.60. The Morgan fingerprint density at radius 2 is 1.95 bits per heavy atom. The van der Waals surface area contributed by atoms with Gasteiger partial charge in [0.2, 0.25) is 5.88 Å². The largest absolute Gasteiger partial charge is 0.489 e. The van der Waals surface area contributed by atoms with E-state index < -0.39 is 11.6 Å². The number of aliphatic hydroxyl groups is 1. The van der Waals surface area contributed by atoms with E-state index in [1.54, 1.807) is 27.0 Å². The third-order valence-electron chi connectivity index (χ3n) is 7.89. The van der Waals surface area contributed by atoms with Crippen molar-refractivity contribution < 1.29 is 28.9 Å². The summed E-state index contributed by atoms with van der Waals surface area (Å²) in [5.41, 5.74) is 1.66. The Morgan fingerprint density at radius 1 is 1.18 bits per heavy atom. The van der Waals surface area contributed by atoms with Crippen LogP contribution < -0.4 is 14.8 Å². The molecule has 0 radical (unpaired) electrons. The molecule has 11 heteroatoms. The van der Waals surface area contributed by atoms with Crippen LogP contribution in [0.1, 0.15) is 98.5 Å². The number of nitrogens with one attached hydrogen (secondary N) is 2. The van der Waals surface area contributed by atoms with Crippen LogP contribution in [-0.2, 0) is 4.74 Å². The lowest BCUT2D eigenvalue weighted by atomic mass is 9.62. The van der Waals surface area contributed by atoms with Crippen molar-refractivity contribution in [1.82, 2.24) is 25.1 Å². The molecule has 40 heavy (non-hydrogen) atoms. The normalized spacial score (nSPS) is 20.7. The van der Waals surface area contributed by atoms with Crippen LogP contribution in [-0.4, -0.2) is 68.3 Å². The summed E-state index contributed by atoms with van der Waals surface area (Å²) in [7, 11) is 0. The van der Waals surface area contributed by atoms with Gasteiger partial charge >= 0.3 is 5.97 Å². The molecule has 0 saturated heterocycles. The molecule has 0 aliphatic heterocycles. The molecule has 1 amide bonds. The zero-order chi connectivity index (χ0) is 28.5. The van der Waals surface area contributed by atoms with Gasteiger partial charge in [0.05, 0.1) is 48.0 Å². The molecular weight excluding hydrogens is 514 g/mol. The van der Waals surface area contributed by atoms with E-state index >= 15 is 0 Å². The molecule has 11 nitrogen and oxygen atoms in total. The first-order valence-corrected chi connectivity index (χ1v) is 14.1. The van der Waals surface area contributed by atoms with Crippen molar-refractivity contribution in [3.63, 3.8) is 0 Å². The van der Waals surface area contributed by atoms with Crippen LogP contribution >= 0.6 is 0 Å². The number of pyridine rings is 1. The van der Waals surface area contributed by atoms with Crippen LogP contribution in [0.15, 0.2) is 24.5 Å². The van der Waals surface area contributed by atoms with Crippen molar-refractivity contribution in [1.29, 1.82) is 0 Å². The predicted octanol–water partition coefficient (Wildman–Crippen LogP) is 4.02. The second-order valence-electron chi connectivity index (χ2n) is 11.7. The summed E-state index contributed by atoms with van der Waals surface area (Å²) >= 11 is 0. The number of esters is 1. The Kier molecular flexibility index (Phi) is 7.76. The number of amides is 1. The van der Waals surface area contributed by atoms with E-state index in [0.717, 1.165) is 49.7 Å². The maximum atomic E-state index is 13.3. The Balaban J connectivity index is 1.19. The summed E-state index contributed by atoms with van der Waals surface area (Å²) in [5, 5.41) is 24.5. The average Bonchev–Trinajstić information content (AvgIpc) is 3.45. The number of aromatic nitrogens is 4. The van der Waals surface area contributed by atoms with Crippen molar-refractivity contribution in [2.45, 2.75) is 83.8 Å². The van der Waals surface area contributed by atoms with Crippen molar-refractivity contribution in [3.05, 3.63) is 41.3 Å². The highest BCUT2D eigenvalue weighted by molar-refractivity contribution is 6.01. The Labute approximate surface area is 233 Å². The minimum absolute atomic E-state index is 0.0645. The van der Waals surface area contributed by atoms with Gasteiger partial charge in [-0.25, -0.2) is 14.4 Å². The number of carbonyl (C=O) groups is 2. The van der Waals surface area contributed by atoms with E-state index in [-0.39, 0.29) is 30.6 Å². The third kappa shape index (κ3) is 5.94. The fraction of sp³-hybridized carbons (Fsp3) is 0.586. The maximum Gasteiger partial charge on any atom is 0.345 e. The second-order valence-corrected chi connectivity index (χ2v) is 11.7. The number of hydrogen-bond donors (Lipinski definition) is 3. The van der Waals surface area contributed by atoms with Gasteiger partial charge in [-0.15, -0.1) is 0 Å². The highest BCUT2D eigenvalue weighted by atomic mass is 16.5. The molecular formula is C29H39N5O6. The summed E-state index contributed by atoms with van der Waals surface area (Å²) in [6.07, 6.45) is 8.61. The molecule has 0 aromatic carbocycles. The molecule has 2 fully saturated rings. The first kappa shape index (κ1) is 27.9. The number of hydrogen-bond acceptors (Lipinski definition) is 8. The van der Waals surface area contributed by atoms with E-state index in [4.69, 9.17) is 14.2 Å². The maximum absolute atomic E-state index is 13.3. The van der Waals surface area contributed by atoms with Crippen LogP contribution in [0.5, 0.6) is 11.6 Å². The third-order valence-corrected chi connectivity index (χ3v) is 7.89. The van der Waals surface area contributed by atoms with Gasteiger partial charge < -0.3 is 24.6 Å². The number of ether oxygens (including phenoxy) is 3. The van der Waals surface area contributed by atoms with E-state index in [9.17, 15) is 14.7 Å². The highest BCUT2D eigenvalue weighted by Crippen LogP contribution is 2.47. The molecule has 0 atom stereocenters. The van der Waals surface area contributed by atoms with Crippen LogP contribution in [0.25, 0.3) is 5.52 Å². The van der Waals surface area contributed by atoms with Crippen LogP contribution in [0.4, 0.5) is 0 Å². The molecule has 3 N–H and O–H groups in total. The fourth-order valence-electron chi connectivity index (χ4n) is 5.47. The zero-order valence-electron chi connectivity index (χ0n) is 23.7. The molecule has 216 valence electrons. The van der Waals surface area contributed by atoms with E-state index in [0.29, 0.717) is 35.3 Å². The lowest BCUT2D eigenvalue weighted by Crippen LogP contribution is -2.51.